The number of nitrogens with one attached hydrogen (secondary N) is 3. The molecule has 7 heteroatoms. The van der Waals surface area contributed by atoms with E-state index >= 15 is 0 Å². The lowest BCUT2D eigenvalue weighted by atomic mass is 10.0. The van der Waals surface area contributed by atoms with Crippen molar-refractivity contribution in [1.82, 2.24) is 5.32 Å². The van der Waals surface area contributed by atoms with Crippen LogP contribution in [-0.4, -0.2) is 58.8 Å². The minimum atomic E-state index is -0.646. The zero-order valence-electron chi connectivity index (χ0n) is 18.8. The molecule has 3 rings (SSSR count). The summed E-state index contributed by atoms with van der Waals surface area (Å²) >= 11 is 0. The average Bonchev–Trinajstić information content (AvgIpc) is 2.78. The van der Waals surface area contributed by atoms with Crippen LogP contribution in [0, 0.1) is 13.8 Å². The number of carbonyl (C=O) groups excluding carboxylic acids is 2. The van der Waals surface area contributed by atoms with Crippen LogP contribution < -0.4 is 20.4 Å². The van der Waals surface area contributed by atoms with Gasteiger partial charge in [0.1, 0.15) is 19.1 Å². The van der Waals surface area contributed by atoms with E-state index in [2.05, 4.69) is 39.8 Å². The molecule has 1 atom stereocenters. The van der Waals surface area contributed by atoms with Crippen molar-refractivity contribution in [2.45, 2.75) is 19.9 Å². The van der Waals surface area contributed by atoms with Gasteiger partial charge < -0.3 is 25.2 Å². The monoisotopic (exact) mass is 425 g/mol. The van der Waals surface area contributed by atoms with Crippen molar-refractivity contribution in [2.75, 3.05) is 57.2 Å². The van der Waals surface area contributed by atoms with E-state index < -0.39 is 11.8 Å². The highest BCUT2D eigenvalue weighted by Crippen LogP contribution is 2.18. The van der Waals surface area contributed by atoms with Crippen molar-refractivity contribution in [3.8, 4) is 0 Å². The zero-order chi connectivity index (χ0) is 22.4. The third kappa shape index (κ3) is 5.83. The number of aryl methyl sites for hydroxylation is 1. The van der Waals surface area contributed by atoms with E-state index in [0.29, 0.717) is 25.4 Å². The van der Waals surface area contributed by atoms with Crippen LogP contribution in [0.3, 0.4) is 0 Å². The molecule has 2 aromatic carbocycles. The second kappa shape index (κ2) is 10.4. The first-order valence-corrected chi connectivity index (χ1v) is 10.7. The molecule has 2 aromatic rings. The van der Waals surface area contributed by atoms with Crippen molar-refractivity contribution in [3.05, 3.63) is 59.2 Å². The van der Waals surface area contributed by atoms with Crippen molar-refractivity contribution in [2.24, 2.45) is 0 Å². The SMILES string of the molecule is Cc1cccc(NC(=O)C(=O)NC[C@H](c2ccc(N(C)C)cc2)[NH+]2CCOCC2)c1C. The molecule has 1 fully saturated rings. The van der Waals surface area contributed by atoms with Gasteiger partial charge in [-0.1, -0.05) is 24.3 Å². The minimum Gasteiger partial charge on any atom is -0.378 e. The first-order valence-electron chi connectivity index (χ1n) is 10.7. The van der Waals surface area contributed by atoms with Gasteiger partial charge in [-0.3, -0.25) is 9.59 Å². The normalized spacial score (nSPS) is 15.2. The quantitative estimate of drug-likeness (QED) is 0.606. The number of rotatable bonds is 6. The Balaban J connectivity index is 1.68. The summed E-state index contributed by atoms with van der Waals surface area (Å²) in [6.07, 6.45) is 0. The Morgan fingerprint density at radius 2 is 1.71 bits per heavy atom. The fraction of sp³-hybridized carbons (Fsp3) is 0.417. The van der Waals surface area contributed by atoms with Gasteiger partial charge in [-0.2, -0.15) is 0 Å². The lowest BCUT2D eigenvalue weighted by Gasteiger charge is -2.32. The molecule has 0 bridgehead atoms. The third-order valence-corrected chi connectivity index (χ3v) is 5.97. The molecule has 0 aromatic heterocycles. The Hall–Kier alpha value is -2.90. The van der Waals surface area contributed by atoms with E-state index in [1.165, 1.54) is 4.90 Å². The predicted molar refractivity (Wildman–Crippen MR) is 123 cm³/mol. The van der Waals surface area contributed by atoms with Gasteiger partial charge in [-0.05, 0) is 43.2 Å². The molecule has 1 saturated heterocycles. The molecule has 0 aliphatic carbocycles. The van der Waals surface area contributed by atoms with E-state index in [1.807, 2.05) is 40.1 Å². The Morgan fingerprint density at radius 3 is 2.35 bits per heavy atom. The summed E-state index contributed by atoms with van der Waals surface area (Å²) < 4.78 is 5.51. The lowest BCUT2D eigenvalue weighted by molar-refractivity contribution is -0.937. The molecule has 2 amide bonds. The number of benzene rings is 2. The predicted octanol–water partition coefficient (Wildman–Crippen LogP) is 1.08. The van der Waals surface area contributed by atoms with E-state index in [0.717, 1.165) is 35.5 Å². The summed E-state index contributed by atoms with van der Waals surface area (Å²) in [4.78, 5) is 28.4. The number of ether oxygens (including phenoxy) is 1. The first kappa shape index (κ1) is 22.8. The smallest absolute Gasteiger partial charge is 0.313 e. The van der Waals surface area contributed by atoms with Gasteiger partial charge in [0.2, 0.25) is 0 Å². The van der Waals surface area contributed by atoms with Crippen LogP contribution in [0.1, 0.15) is 22.7 Å². The van der Waals surface area contributed by atoms with Crippen molar-refractivity contribution in [1.29, 1.82) is 0 Å². The van der Waals surface area contributed by atoms with Crippen LogP contribution in [0.2, 0.25) is 0 Å². The molecule has 1 aliphatic heterocycles. The van der Waals surface area contributed by atoms with E-state index in [4.69, 9.17) is 4.74 Å². The largest absolute Gasteiger partial charge is 0.378 e. The van der Waals surface area contributed by atoms with E-state index in [-0.39, 0.29) is 6.04 Å². The first-order chi connectivity index (χ1) is 14.9. The molecule has 31 heavy (non-hydrogen) atoms. The van der Waals surface area contributed by atoms with Crippen LogP contribution in [0.25, 0.3) is 0 Å². The number of hydrogen-bond donors (Lipinski definition) is 3. The van der Waals surface area contributed by atoms with Gasteiger partial charge in [0.05, 0.1) is 19.8 Å². The molecular weight excluding hydrogens is 392 g/mol. The van der Waals surface area contributed by atoms with Crippen molar-refractivity contribution >= 4 is 23.2 Å². The Kier molecular flexibility index (Phi) is 7.65. The summed E-state index contributed by atoms with van der Waals surface area (Å²) in [5.74, 6) is -1.27. The Morgan fingerprint density at radius 1 is 1.03 bits per heavy atom. The van der Waals surface area contributed by atoms with Crippen molar-refractivity contribution < 1.29 is 19.2 Å². The fourth-order valence-electron chi connectivity index (χ4n) is 3.83. The summed E-state index contributed by atoms with van der Waals surface area (Å²) in [6.45, 7) is 7.41. The van der Waals surface area contributed by atoms with Gasteiger partial charge >= 0.3 is 11.8 Å². The highest BCUT2D eigenvalue weighted by atomic mass is 16.5. The zero-order valence-corrected chi connectivity index (χ0v) is 18.8. The summed E-state index contributed by atoms with van der Waals surface area (Å²) in [5, 5.41) is 5.58. The molecule has 1 aliphatic rings. The maximum atomic E-state index is 12.5. The molecule has 0 saturated carbocycles. The summed E-state index contributed by atoms with van der Waals surface area (Å²) in [7, 11) is 4.02. The molecule has 0 spiro atoms. The number of hydrogen-bond acceptors (Lipinski definition) is 4. The van der Waals surface area contributed by atoms with Crippen LogP contribution in [0.4, 0.5) is 11.4 Å². The van der Waals surface area contributed by atoms with E-state index in [1.54, 1.807) is 6.07 Å². The van der Waals surface area contributed by atoms with Crippen molar-refractivity contribution in [3.63, 3.8) is 0 Å². The molecule has 1 heterocycles. The van der Waals surface area contributed by atoms with Gasteiger partial charge in [0.15, 0.2) is 0 Å². The highest BCUT2D eigenvalue weighted by molar-refractivity contribution is 6.39. The molecule has 166 valence electrons. The summed E-state index contributed by atoms with van der Waals surface area (Å²) in [6, 6.07) is 14.1. The van der Waals surface area contributed by atoms with Crippen LogP contribution in [0.15, 0.2) is 42.5 Å². The maximum absolute atomic E-state index is 12.5. The van der Waals surface area contributed by atoms with Gasteiger partial charge in [-0.15, -0.1) is 0 Å². The molecule has 0 unspecified atom stereocenters. The highest BCUT2D eigenvalue weighted by Gasteiger charge is 2.28. The molecular formula is C24H33N4O3+. The fourth-order valence-corrected chi connectivity index (χ4v) is 3.83. The second-order valence-electron chi connectivity index (χ2n) is 8.22. The maximum Gasteiger partial charge on any atom is 0.313 e. The topological polar surface area (TPSA) is 75.1 Å². The number of anilines is 2. The van der Waals surface area contributed by atoms with Gasteiger partial charge in [0.25, 0.3) is 0 Å². The number of nitrogens with zero attached hydrogens (tertiary/aromatic N) is 1. The molecule has 0 radical (unpaired) electrons. The molecule has 7 nitrogen and oxygen atoms in total. The van der Waals surface area contributed by atoms with Crippen LogP contribution in [-0.2, 0) is 14.3 Å². The van der Waals surface area contributed by atoms with Gasteiger partial charge in [0, 0.05) is 31.0 Å². The molecule has 3 N–H and O–H groups in total. The third-order valence-electron chi connectivity index (χ3n) is 5.97. The number of amides is 2. The Labute approximate surface area is 184 Å². The number of quaternary nitrogens is 1. The second-order valence-corrected chi connectivity index (χ2v) is 8.22. The number of morpholine rings is 1. The Bertz CT molecular complexity index is 906. The van der Waals surface area contributed by atoms with Gasteiger partial charge in [-0.25, -0.2) is 0 Å². The lowest BCUT2D eigenvalue weighted by Crippen LogP contribution is -3.15. The van der Waals surface area contributed by atoms with Crippen LogP contribution >= 0.6 is 0 Å². The van der Waals surface area contributed by atoms with E-state index in [9.17, 15) is 9.59 Å². The van der Waals surface area contributed by atoms with Crippen LogP contribution in [0.5, 0.6) is 0 Å². The number of carbonyl (C=O) groups is 2. The minimum absolute atomic E-state index is 0.0533. The standard InChI is InChI=1S/C24H32N4O3/c1-17-6-5-7-21(18(17)2)26-24(30)23(29)25-16-22(28-12-14-31-15-13-28)19-8-10-20(11-9-19)27(3)4/h5-11,22H,12-16H2,1-4H3,(H,25,29)(H,26,30)/p+1/t22-/m1/s1. The average molecular weight is 426 g/mol. The summed E-state index contributed by atoms with van der Waals surface area (Å²) in [5.41, 5.74) is 4.94.